The number of rotatable bonds is 3. The molecule has 0 saturated heterocycles. The first kappa shape index (κ1) is 15.7. The van der Waals surface area contributed by atoms with Crippen molar-refractivity contribution >= 4 is 6.03 Å². The van der Waals surface area contributed by atoms with E-state index >= 15 is 0 Å². The number of carbonyl (C=O) groups is 1. The van der Waals surface area contributed by atoms with Gasteiger partial charge in [0.1, 0.15) is 0 Å². The van der Waals surface area contributed by atoms with Crippen LogP contribution in [0.3, 0.4) is 0 Å². The fraction of sp³-hybridized carbons (Fsp3) is 0.533. The Morgan fingerprint density at radius 1 is 1.24 bits per heavy atom. The number of hydrogen-bond acceptors (Lipinski definition) is 1. The van der Waals surface area contributed by atoms with Crippen molar-refractivity contribution in [3.63, 3.8) is 0 Å². The first-order valence-electron chi connectivity index (χ1n) is 7.16. The summed E-state index contributed by atoms with van der Waals surface area (Å²) in [5.41, 5.74) is 3.41. The molecule has 0 aromatic heterocycles. The second-order valence-electron chi connectivity index (χ2n) is 5.29. The lowest BCUT2D eigenvalue weighted by atomic mass is 9.89. The standard InChI is InChI=1S/C15H19F3N2O/c1-2-13(19-14(21)20-15(16,17)18)12-8-7-10-5-3-4-6-11(10)9-12/h7-9,13H,2-6H2,1H3,(H2,19,20,21). The van der Waals surface area contributed by atoms with Gasteiger partial charge in [0.05, 0.1) is 6.04 Å². The van der Waals surface area contributed by atoms with Crippen LogP contribution in [0.2, 0.25) is 0 Å². The monoisotopic (exact) mass is 300 g/mol. The van der Waals surface area contributed by atoms with E-state index in [1.54, 1.807) is 0 Å². The van der Waals surface area contributed by atoms with Crippen molar-refractivity contribution in [3.05, 3.63) is 34.9 Å². The van der Waals surface area contributed by atoms with Crippen LogP contribution in [0.1, 0.15) is 48.9 Å². The second kappa shape index (κ2) is 6.37. The number of nitrogens with one attached hydrogen (secondary N) is 2. The van der Waals surface area contributed by atoms with E-state index in [2.05, 4.69) is 5.32 Å². The van der Waals surface area contributed by atoms with E-state index < -0.39 is 18.4 Å². The van der Waals surface area contributed by atoms with Crippen LogP contribution >= 0.6 is 0 Å². The van der Waals surface area contributed by atoms with Gasteiger partial charge >= 0.3 is 12.3 Å². The highest BCUT2D eigenvalue weighted by Gasteiger charge is 2.30. The average molecular weight is 300 g/mol. The molecule has 2 rings (SSSR count). The fourth-order valence-corrected chi connectivity index (χ4v) is 2.71. The molecule has 116 valence electrons. The van der Waals surface area contributed by atoms with Crippen LogP contribution in [0.5, 0.6) is 0 Å². The molecule has 1 atom stereocenters. The van der Waals surface area contributed by atoms with Crippen molar-refractivity contribution in [2.45, 2.75) is 51.4 Å². The normalized spacial score (nSPS) is 16.0. The van der Waals surface area contributed by atoms with Gasteiger partial charge in [0.25, 0.3) is 0 Å². The molecule has 1 aromatic rings. The van der Waals surface area contributed by atoms with Crippen LogP contribution in [0.15, 0.2) is 18.2 Å². The average Bonchev–Trinajstić information content (AvgIpc) is 2.42. The summed E-state index contributed by atoms with van der Waals surface area (Å²) in [6, 6.07) is 4.30. The van der Waals surface area contributed by atoms with Gasteiger partial charge in [-0.25, -0.2) is 10.1 Å². The second-order valence-corrected chi connectivity index (χ2v) is 5.29. The molecule has 0 spiro atoms. The van der Waals surface area contributed by atoms with E-state index in [9.17, 15) is 18.0 Å². The van der Waals surface area contributed by atoms with Gasteiger partial charge in [-0.15, -0.1) is 0 Å². The molecule has 2 amide bonds. The third-order valence-electron chi connectivity index (χ3n) is 3.74. The number of benzene rings is 1. The largest absolute Gasteiger partial charge is 0.485 e. The SMILES string of the molecule is CCC(NC(=O)NC(F)(F)F)c1ccc2c(c1)CCCC2. The molecule has 0 aliphatic heterocycles. The number of halogens is 3. The van der Waals surface area contributed by atoms with Crippen molar-refractivity contribution < 1.29 is 18.0 Å². The lowest BCUT2D eigenvalue weighted by Gasteiger charge is -2.22. The molecule has 1 aliphatic rings. The number of alkyl halides is 3. The topological polar surface area (TPSA) is 41.1 Å². The first-order chi connectivity index (χ1) is 9.89. The Bertz CT molecular complexity index is 514. The summed E-state index contributed by atoms with van der Waals surface area (Å²) >= 11 is 0. The lowest BCUT2D eigenvalue weighted by Crippen LogP contribution is -2.45. The van der Waals surface area contributed by atoms with Gasteiger partial charge in [0, 0.05) is 0 Å². The molecule has 2 N–H and O–H groups in total. The van der Waals surface area contributed by atoms with E-state index in [-0.39, 0.29) is 0 Å². The molecular formula is C15H19F3N2O. The lowest BCUT2D eigenvalue weighted by molar-refractivity contribution is -0.145. The van der Waals surface area contributed by atoms with Gasteiger partial charge in [0.2, 0.25) is 0 Å². The van der Waals surface area contributed by atoms with E-state index in [4.69, 9.17) is 0 Å². The van der Waals surface area contributed by atoms with Crippen LogP contribution in [0.25, 0.3) is 0 Å². The molecular weight excluding hydrogens is 281 g/mol. The summed E-state index contributed by atoms with van der Waals surface area (Å²) in [4.78, 5) is 11.3. The van der Waals surface area contributed by atoms with Crippen molar-refractivity contribution in [2.75, 3.05) is 0 Å². The van der Waals surface area contributed by atoms with Crippen LogP contribution in [-0.2, 0) is 12.8 Å². The number of aryl methyl sites for hydroxylation is 2. The van der Waals surface area contributed by atoms with Gasteiger partial charge in [-0.05, 0) is 48.8 Å². The van der Waals surface area contributed by atoms with E-state index in [0.717, 1.165) is 30.1 Å². The Balaban J connectivity index is 2.08. The van der Waals surface area contributed by atoms with Gasteiger partial charge < -0.3 is 5.32 Å². The molecule has 0 fully saturated rings. The summed E-state index contributed by atoms with van der Waals surface area (Å²) < 4.78 is 36.3. The molecule has 6 heteroatoms. The van der Waals surface area contributed by atoms with Crippen LogP contribution < -0.4 is 10.6 Å². The fourth-order valence-electron chi connectivity index (χ4n) is 2.71. The zero-order chi connectivity index (χ0) is 15.5. The summed E-state index contributed by atoms with van der Waals surface area (Å²) in [5.74, 6) is 0. The highest BCUT2D eigenvalue weighted by atomic mass is 19.4. The van der Waals surface area contributed by atoms with E-state index in [1.807, 2.05) is 25.1 Å². The Kier molecular flexibility index (Phi) is 4.75. The van der Waals surface area contributed by atoms with Gasteiger partial charge in [-0.1, -0.05) is 25.1 Å². The third kappa shape index (κ3) is 4.37. The maximum absolute atomic E-state index is 12.1. The predicted octanol–water partition coefficient (Wildman–Crippen LogP) is 3.84. The molecule has 0 saturated carbocycles. The Morgan fingerprint density at radius 3 is 2.52 bits per heavy atom. The van der Waals surface area contributed by atoms with Gasteiger partial charge in [-0.3, -0.25) is 0 Å². The molecule has 1 aromatic carbocycles. The minimum absolute atomic E-state index is 0.417. The maximum atomic E-state index is 12.1. The smallest absolute Gasteiger partial charge is 0.331 e. The number of carbonyl (C=O) groups excluding carboxylic acids is 1. The molecule has 3 nitrogen and oxygen atoms in total. The highest BCUT2D eigenvalue weighted by Crippen LogP contribution is 2.26. The third-order valence-corrected chi connectivity index (χ3v) is 3.74. The molecule has 21 heavy (non-hydrogen) atoms. The van der Waals surface area contributed by atoms with Crippen LogP contribution in [0.4, 0.5) is 18.0 Å². The van der Waals surface area contributed by atoms with Crippen molar-refractivity contribution in [1.82, 2.24) is 10.6 Å². The number of fused-ring (bicyclic) bond motifs is 1. The minimum atomic E-state index is -4.71. The molecule has 0 bridgehead atoms. The van der Waals surface area contributed by atoms with Crippen molar-refractivity contribution in [2.24, 2.45) is 0 Å². The Hall–Kier alpha value is -1.72. The summed E-state index contributed by atoms with van der Waals surface area (Å²) in [6.07, 6.45) is 0.177. The number of hydrogen-bond donors (Lipinski definition) is 2. The molecule has 0 radical (unpaired) electrons. The quantitative estimate of drug-likeness (QED) is 0.818. The summed E-state index contributed by atoms with van der Waals surface area (Å²) in [6.45, 7) is 1.83. The highest BCUT2D eigenvalue weighted by molar-refractivity contribution is 5.74. The van der Waals surface area contributed by atoms with Crippen LogP contribution in [0, 0.1) is 0 Å². The predicted molar refractivity (Wildman–Crippen MR) is 73.8 cm³/mol. The van der Waals surface area contributed by atoms with E-state index in [1.165, 1.54) is 17.5 Å². The number of urea groups is 1. The van der Waals surface area contributed by atoms with Gasteiger partial charge in [0.15, 0.2) is 0 Å². The summed E-state index contributed by atoms with van der Waals surface area (Å²) in [7, 11) is 0. The van der Waals surface area contributed by atoms with Crippen molar-refractivity contribution in [1.29, 1.82) is 0 Å². The zero-order valence-corrected chi connectivity index (χ0v) is 11.9. The van der Waals surface area contributed by atoms with E-state index in [0.29, 0.717) is 6.42 Å². The van der Waals surface area contributed by atoms with Gasteiger partial charge in [-0.2, -0.15) is 13.2 Å². The minimum Gasteiger partial charge on any atom is -0.331 e. The van der Waals surface area contributed by atoms with Crippen LogP contribution in [-0.4, -0.2) is 12.3 Å². The molecule has 1 unspecified atom stereocenters. The Morgan fingerprint density at radius 2 is 1.90 bits per heavy atom. The Labute approximate surface area is 121 Å². The maximum Gasteiger partial charge on any atom is 0.485 e. The summed E-state index contributed by atoms with van der Waals surface area (Å²) in [5, 5.41) is 3.34. The van der Waals surface area contributed by atoms with Crippen molar-refractivity contribution in [3.8, 4) is 0 Å². The number of amides is 2. The molecule has 1 aliphatic carbocycles. The first-order valence-corrected chi connectivity index (χ1v) is 7.16. The molecule has 0 heterocycles. The zero-order valence-electron chi connectivity index (χ0n) is 11.9.